The van der Waals surface area contributed by atoms with E-state index in [9.17, 15) is 31.6 Å². The average Bonchev–Trinajstić information content (AvgIpc) is 2.16. The number of fused-ring (bicyclic) bond motifs is 3. The van der Waals surface area contributed by atoms with Crippen LogP contribution in [0.2, 0.25) is 0 Å². The van der Waals surface area contributed by atoms with Gasteiger partial charge in [0.2, 0.25) is 0 Å². The minimum absolute atomic E-state index is 0.0312. The van der Waals surface area contributed by atoms with Crippen molar-refractivity contribution in [3.05, 3.63) is 0 Å². The first-order valence-electron chi connectivity index (χ1n) is 5.05. The lowest BCUT2D eigenvalue weighted by atomic mass is 10.2. The average molecular weight is 280 g/mol. The number of rotatable bonds is 1. The predicted molar refractivity (Wildman–Crippen MR) is 53.5 cm³/mol. The van der Waals surface area contributed by atoms with Gasteiger partial charge in [-0.1, -0.05) is 0 Å². The van der Waals surface area contributed by atoms with Crippen molar-refractivity contribution in [2.45, 2.75) is 0 Å². The molecule has 0 amide bonds. The van der Waals surface area contributed by atoms with Crippen LogP contribution in [0.4, 0.5) is 17.3 Å². The number of hydrogen-bond donors (Lipinski definition) is 2. The van der Waals surface area contributed by atoms with Crippen LogP contribution >= 0.6 is 7.75 Å². The summed E-state index contributed by atoms with van der Waals surface area (Å²) >= 11 is 0. The molecule has 3 saturated heterocycles. The molecule has 0 atom stereocenters. The second kappa shape index (κ2) is 4.85. The summed E-state index contributed by atoms with van der Waals surface area (Å²) in [5, 5.41) is 0. The van der Waals surface area contributed by atoms with Gasteiger partial charge in [-0.05, 0) is 0 Å². The number of piperazine rings is 3. The van der Waals surface area contributed by atoms with Gasteiger partial charge in [0, 0.05) is 19.6 Å². The van der Waals surface area contributed by atoms with E-state index in [0.29, 0.717) is 19.6 Å². The predicted octanol–water partition coefficient (Wildman–Crippen LogP) is 0.525. The molecule has 0 radical (unpaired) electrons. The highest BCUT2D eigenvalue weighted by molar-refractivity contribution is 7.45. The van der Waals surface area contributed by atoms with E-state index in [1.165, 1.54) is 0 Å². The largest absolute Gasteiger partial charge is 0.673 e. The van der Waals surface area contributed by atoms with E-state index >= 15 is 0 Å². The molecule has 3 rings (SSSR count). The monoisotopic (exact) mass is 280 g/mol. The van der Waals surface area contributed by atoms with E-state index in [2.05, 4.69) is 4.90 Å². The molecule has 0 aromatic heterocycles. The zero-order valence-corrected chi connectivity index (χ0v) is 9.87. The van der Waals surface area contributed by atoms with Crippen LogP contribution in [0.25, 0.3) is 0 Å². The molecular formula is C6H14BF4N2O3P. The maximum atomic E-state index is 11.2. The van der Waals surface area contributed by atoms with Crippen molar-refractivity contribution >= 4 is 15.0 Å². The first-order chi connectivity index (χ1) is 7.54. The van der Waals surface area contributed by atoms with Gasteiger partial charge in [0.25, 0.3) is 0 Å². The second-order valence-corrected chi connectivity index (χ2v) is 5.99. The highest BCUT2D eigenvalue weighted by atomic mass is 31.2. The summed E-state index contributed by atoms with van der Waals surface area (Å²) in [5.41, 5.74) is 0. The molecule has 11 heteroatoms. The quantitative estimate of drug-likeness (QED) is 0.418. The van der Waals surface area contributed by atoms with Gasteiger partial charge in [0.1, 0.15) is 0 Å². The Kier molecular flexibility index (Phi) is 4.26. The smallest absolute Gasteiger partial charge is 0.418 e. The molecule has 3 aliphatic heterocycles. The molecule has 2 N–H and O–H groups in total. The minimum atomic E-state index is -6.00. The summed E-state index contributed by atoms with van der Waals surface area (Å²) in [7, 11) is -9.92. The van der Waals surface area contributed by atoms with Gasteiger partial charge in [-0.2, -0.15) is 0 Å². The highest BCUT2D eigenvalue weighted by Crippen LogP contribution is 2.50. The van der Waals surface area contributed by atoms with Crippen molar-refractivity contribution in [2.24, 2.45) is 0 Å². The molecule has 3 aliphatic rings. The fourth-order valence-corrected chi connectivity index (χ4v) is 3.09. The van der Waals surface area contributed by atoms with Gasteiger partial charge >= 0.3 is 15.0 Å². The molecule has 17 heavy (non-hydrogen) atoms. The zero-order valence-electron chi connectivity index (χ0n) is 8.98. The molecule has 0 aliphatic carbocycles. The molecule has 5 nitrogen and oxygen atoms in total. The first-order valence-corrected chi connectivity index (χ1v) is 6.62. The fraction of sp³-hybridized carbons (Fsp3) is 1.00. The summed E-state index contributed by atoms with van der Waals surface area (Å²) in [4.78, 5) is 20.6. The molecular weight excluding hydrogens is 266 g/mol. The van der Waals surface area contributed by atoms with Gasteiger partial charge in [0.15, 0.2) is 0 Å². The fourth-order valence-electron chi connectivity index (χ4n) is 2.04. The lowest BCUT2D eigenvalue weighted by Gasteiger charge is -2.49. The second-order valence-electron chi connectivity index (χ2n) is 4.12. The normalized spacial score (nSPS) is 32.9. The SMILES string of the molecule is F[B-](F)(F)F.O=P(O)(O)[N+]12CCN(CC1)CC2. The minimum Gasteiger partial charge on any atom is -0.418 e. The van der Waals surface area contributed by atoms with Crippen LogP contribution in [0.1, 0.15) is 0 Å². The van der Waals surface area contributed by atoms with Crippen LogP contribution in [0.3, 0.4) is 0 Å². The number of hydrogen-bond acceptors (Lipinski definition) is 2. The van der Waals surface area contributed by atoms with Crippen molar-refractivity contribution in [2.75, 3.05) is 39.3 Å². The zero-order chi connectivity index (χ0) is 13.3. The lowest BCUT2D eigenvalue weighted by Crippen LogP contribution is -2.65. The van der Waals surface area contributed by atoms with Crippen molar-refractivity contribution in [3.8, 4) is 0 Å². The van der Waals surface area contributed by atoms with E-state index in [1.54, 1.807) is 0 Å². The highest BCUT2D eigenvalue weighted by Gasteiger charge is 2.51. The van der Waals surface area contributed by atoms with E-state index < -0.39 is 15.0 Å². The van der Waals surface area contributed by atoms with Gasteiger partial charge in [-0.15, -0.1) is 0 Å². The topological polar surface area (TPSA) is 60.8 Å². The Bertz CT molecular complexity index is 295. The first kappa shape index (κ1) is 14.9. The van der Waals surface area contributed by atoms with Crippen molar-refractivity contribution in [1.82, 2.24) is 4.90 Å². The summed E-state index contributed by atoms with van der Waals surface area (Å²) < 4.78 is 50.2. The summed E-state index contributed by atoms with van der Waals surface area (Å²) in [5.74, 6) is 0. The molecule has 0 saturated carbocycles. The van der Waals surface area contributed by atoms with Crippen LogP contribution in [0.15, 0.2) is 0 Å². The number of halogens is 4. The van der Waals surface area contributed by atoms with Crippen LogP contribution < -0.4 is 0 Å². The van der Waals surface area contributed by atoms with Crippen molar-refractivity contribution < 1.29 is 35.9 Å². The third kappa shape index (κ3) is 4.22. The summed E-state index contributed by atoms with van der Waals surface area (Å²) in [6.45, 7) is 4.36. The van der Waals surface area contributed by atoms with E-state index in [4.69, 9.17) is 0 Å². The van der Waals surface area contributed by atoms with E-state index in [0.717, 1.165) is 19.6 Å². The Hall–Kier alpha value is -0.145. The lowest BCUT2D eigenvalue weighted by molar-refractivity contribution is -0.840. The molecule has 0 spiro atoms. The Morgan fingerprint density at radius 3 is 1.47 bits per heavy atom. The third-order valence-corrected chi connectivity index (χ3v) is 4.76. The molecule has 102 valence electrons. The van der Waals surface area contributed by atoms with Crippen LogP contribution in [0.5, 0.6) is 0 Å². The van der Waals surface area contributed by atoms with E-state index in [1.807, 2.05) is 0 Å². The van der Waals surface area contributed by atoms with Crippen LogP contribution in [0, 0.1) is 0 Å². The maximum absolute atomic E-state index is 11.2. The number of quaternary nitrogens is 1. The van der Waals surface area contributed by atoms with Crippen molar-refractivity contribution in [1.29, 1.82) is 0 Å². The van der Waals surface area contributed by atoms with Crippen LogP contribution in [-0.2, 0) is 4.57 Å². The molecule has 2 bridgehead atoms. The Labute approximate surface area is 95.9 Å². The Morgan fingerprint density at radius 1 is 1.00 bits per heavy atom. The molecule has 0 aromatic rings. The molecule has 3 heterocycles. The van der Waals surface area contributed by atoms with Gasteiger partial charge in [0.05, 0.1) is 19.6 Å². The summed E-state index contributed by atoms with van der Waals surface area (Å²) in [6.07, 6.45) is 0. The molecule has 0 unspecified atom stereocenters. The molecule has 0 aromatic carbocycles. The Balaban J connectivity index is 0.000000249. The van der Waals surface area contributed by atoms with Gasteiger partial charge in [-0.3, -0.25) is 14.7 Å². The molecule has 3 fully saturated rings. The van der Waals surface area contributed by atoms with Gasteiger partial charge in [-0.25, -0.2) is 8.82 Å². The third-order valence-electron chi connectivity index (χ3n) is 3.05. The van der Waals surface area contributed by atoms with Gasteiger partial charge < -0.3 is 17.3 Å². The number of nitrogens with zero attached hydrogens (tertiary/aromatic N) is 2. The van der Waals surface area contributed by atoms with E-state index in [-0.39, 0.29) is 4.25 Å². The van der Waals surface area contributed by atoms with Crippen LogP contribution in [-0.4, -0.2) is 65.5 Å². The standard InChI is InChI=1S/C6H13N2O3P.BF4/c9-12(10,11)8-4-1-7(2-5-8)3-6-8;2-1(3,4)5/h1-6H2,(H-,9,10,11);/q;-1/p+1. The maximum Gasteiger partial charge on any atom is 0.673 e. The van der Waals surface area contributed by atoms with Crippen molar-refractivity contribution in [3.63, 3.8) is 0 Å². The Morgan fingerprint density at radius 2 is 1.29 bits per heavy atom. The summed E-state index contributed by atoms with van der Waals surface area (Å²) in [6, 6.07) is 0.